The van der Waals surface area contributed by atoms with E-state index in [0.29, 0.717) is 12.3 Å². The van der Waals surface area contributed by atoms with Crippen LogP contribution in [0.4, 0.5) is 10.1 Å². The highest BCUT2D eigenvalue weighted by Crippen LogP contribution is 2.32. The zero-order valence-corrected chi connectivity index (χ0v) is 28.1. The molecular formula is C34H35BrFN3O6S. The minimum absolute atomic E-state index is 0.0145. The first kappa shape index (κ1) is 34.5. The Kier molecular flexibility index (Phi) is 11.8. The van der Waals surface area contributed by atoms with Crippen molar-refractivity contribution in [1.29, 1.82) is 0 Å². The maximum Gasteiger partial charge on any atom is 0.264 e. The van der Waals surface area contributed by atoms with Crippen LogP contribution in [-0.4, -0.2) is 58.5 Å². The number of likely N-dealkylation sites (N-methyl/N-ethyl adjacent to an activating group) is 1. The molecule has 1 N–H and O–H groups in total. The van der Waals surface area contributed by atoms with Gasteiger partial charge in [0.2, 0.25) is 11.8 Å². The van der Waals surface area contributed by atoms with Crippen LogP contribution >= 0.6 is 15.9 Å². The number of amides is 2. The van der Waals surface area contributed by atoms with Gasteiger partial charge in [0.25, 0.3) is 10.0 Å². The Hall–Kier alpha value is -4.42. The number of halogens is 2. The first-order valence-electron chi connectivity index (χ1n) is 14.4. The van der Waals surface area contributed by atoms with Gasteiger partial charge in [0.15, 0.2) is 11.5 Å². The quantitative estimate of drug-likeness (QED) is 0.183. The Morgan fingerprint density at radius 1 is 0.870 bits per heavy atom. The van der Waals surface area contributed by atoms with E-state index in [1.54, 1.807) is 6.92 Å². The van der Waals surface area contributed by atoms with Crippen molar-refractivity contribution in [2.45, 2.75) is 30.8 Å². The largest absolute Gasteiger partial charge is 0.493 e. The average molecular weight is 713 g/mol. The number of carbonyl (C=O) groups is 2. The zero-order valence-electron chi connectivity index (χ0n) is 25.7. The molecule has 0 spiro atoms. The van der Waals surface area contributed by atoms with E-state index in [1.165, 1.54) is 49.5 Å². The van der Waals surface area contributed by atoms with E-state index in [9.17, 15) is 22.4 Å². The second kappa shape index (κ2) is 15.7. The van der Waals surface area contributed by atoms with Crippen LogP contribution < -0.4 is 19.1 Å². The van der Waals surface area contributed by atoms with Gasteiger partial charge >= 0.3 is 0 Å². The lowest BCUT2D eigenvalue weighted by atomic mass is 10.0. The SMILES string of the molecule is CCNC(=O)[C@H](Cc1ccccc1)N(Cc1cccc(Br)c1)C(=O)CN(c1ccc(F)cc1)S(=O)(=O)c1ccc(OC)c(OC)c1. The Morgan fingerprint density at radius 2 is 1.54 bits per heavy atom. The second-order valence-corrected chi connectivity index (χ2v) is 13.0. The third-order valence-corrected chi connectivity index (χ3v) is 9.46. The lowest BCUT2D eigenvalue weighted by Crippen LogP contribution is -2.53. The van der Waals surface area contributed by atoms with Crippen molar-refractivity contribution in [1.82, 2.24) is 10.2 Å². The molecular weight excluding hydrogens is 677 g/mol. The Bertz CT molecular complexity index is 1760. The van der Waals surface area contributed by atoms with Gasteiger partial charge in [-0.2, -0.15) is 0 Å². The smallest absolute Gasteiger partial charge is 0.264 e. The van der Waals surface area contributed by atoms with Gasteiger partial charge in [0.05, 0.1) is 24.8 Å². The first-order valence-corrected chi connectivity index (χ1v) is 16.7. The van der Waals surface area contributed by atoms with Crippen molar-refractivity contribution in [3.8, 4) is 11.5 Å². The fourth-order valence-corrected chi connectivity index (χ4v) is 6.80. The number of benzene rings is 4. The van der Waals surface area contributed by atoms with Gasteiger partial charge in [-0.15, -0.1) is 0 Å². The molecule has 0 unspecified atom stereocenters. The molecule has 9 nitrogen and oxygen atoms in total. The van der Waals surface area contributed by atoms with E-state index in [1.807, 2.05) is 54.6 Å². The predicted molar refractivity (Wildman–Crippen MR) is 178 cm³/mol. The van der Waals surface area contributed by atoms with Crippen LogP contribution in [0, 0.1) is 5.82 Å². The van der Waals surface area contributed by atoms with Crippen molar-refractivity contribution in [3.05, 3.63) is 118 Å². The van der Waals surface area contributed by atoms with Gasteiger partial charge < -0.3 is 19.7 Å². The molecule has 0 aliphatic carbocycles. The number of ether oxygens (including phenoxy) is 2. The molecule has 1 atom stereocenters. The molecule has 0 saturated carbocycles. The topological polar surface area (TPSA) is 105 Å². The Morgan fingerprint density at radius 3 is 2.17 bits per heavy atom. The van der Waals surface area contributed by atoms with E-state index in [-0.39, 0.29) is 35.2 Å². The number of nitrogens with zero attached hydrogens (tertiary/aromatic N) is 2. The minimum Gasteiger partial charge on any atom is -0.493 e. The molecule has 0 aliphatic rings. The standard InChI is InChI=1S/C34H35BrFN3O6S/c1-4-37-34(41)30(20-24-9-6-5-7-10-24)38(22-25-11-8-12-26(35)19-25)33(40)23-39(28-15-13-27(36)14-16-28)46(42,43)29-17-18-31(44-2)32(21-29)45-3/h5-19,21,30H,4,20,22-23H2,1-3H3,(H,37,41)/t30-/m0/s1. The van der Waals surface area contributed by atoms with Crippen molar-refractivity contribution in [3.63, 3.8) is 0 Å². The summed E-state index contributed by atoms with van der Waals surface area (Å²) in [7, 11) is -1.62. The molecule has 46 heavy (non-hydrogen) atoms. The van der Waals surface area contributed by atoms with Crippen LogP contribution in [0.1, 0.15) is 18.1 Å². The van der Waals surface area contributed by atoms with E-state index >= 15 is 0 Å². The summed E-state index contributed by atoms with van der Waals surface area (Å²) in [4.78, 5) is 29.2. The molecule has 0 saturated heterocycles. The number of carbonyl (C=O) groups excluding carboxylic acids is 2. The van der Waals surface area contributed by atoms with Gasteiger partial charge in [0.1, 0.15) is 18.4 Å². The summed E-state index contributed by atoms with van der Waals surface area (Å²) < 4.78 is 54.7. The number of hydrogen-bond donors (Lipinski definition) is 1. The van der Waals surface area contributed by atoms with Crippen molar-refractivity contribution >= 4 is 43.5 Å². The number of rotatable bonds is 14. The number of methoxy groups -OCH3 is 2. The van der Waals surface area contributed by atoms with Crippen molar-refractivity contribution in [2.75, 3.05) is 31.6 Å². The van der Waals surface area contributed by atoms with Gasteiger partial charge in [-0.1, -0.05) is 58.4 Å². The van der Waals surface area contributed by atoms with Crippen LogP contribution in [0.3, 0.4) is 0 Å². The maximum atomic E-state index is 14.4. The van der Waals surface area contributed by atoms with Gasteiger partial charge in [0, 0.05) is 30.0 Å². The van der Waals surface area contributed by atoms with Crippen LogP contribution in [0.15, 0.2) is 106 Å². The molecule has 0 fully saturated rings. The van der Waals surface area contributed by atoms with E-state index in [2.05, 4.69) is 21.2 Å². The van der Waals surface area contributed by atoms with E-state index < -0.39 is 34.3 Å². The summed E-state index contributed by atoms with van der Waals surface area (Å²) in [6.45, 7) is 1.45. The molecule has 2 amide bonds. The molecule has 0 aliphatic heterocycles. The number of hydrogen-bond acceptors (Lipinski definition) is 6. The Balaban J connectivity index is 1.82. The van der Waals surface area contributed by atoms with E-state index in [0.717, 1.165) is 32.0 Å². The molecule has 4 aromatic rings. The lowest BCUT2D eigenvalue weighted by molar-refractivity contribution is -0.140. The molecule has 4 aromatic carbocycles. The summed E-state index contributed by atoms with van der Waals surface area (Å²) in [6.07, 6.45) is 0.186. The minimum atomic E-state index is -4.43. The predicted octanol–water partition coefficient (Wildman–Crippen LogP) is 5.58. The van der Waals surface area contributed by atoms with Crippen LogP contribution in [0.2, 0.25) is 0 Å². The molecule has 12 heteroatoms. The average Bonchev–Trinajstić information content (AvgIpc) is 3.05. The summed E-state index contributed by atoms with van der Waals surface area (Å²) in [5.74, 6) is -1.11. The lowest BCUT2D eigenvalue weighted by Gasteiger charge is -2.34. The monoisotopic (exact) mass is 711 g/mol. The third kappa shape index (κ3) is 8.43. The highest BCUT2D eigenvalue weighted by molar-refractivity contribution is 9.10. The Labute approximate surface area is 277 Å². The fraction of sp³-hybridized carbons (Fsp3) is 0.235. The summed E-state index contributed by atoms with van der Waals surface area (Å²) in [5, 5.41) is 2.83. The normalized spacial score (nSPS) is 11.8. The van der Waals surface area contributed by atoms with Gasteiger partial charge in [-0.3, -0.25) is 13.9 Å². The summed E-state index contributed by atoms with van der Waals surface area (Å²) >= 11 is 3.46. The molecule has 0 bridgehead atoms. The third-order valence-electron chi connectivity index (χ3n) is 7.20. The summed E-state index contributed by atoms with van der Waals surface area (Å²) in [6, 6.07) is 24.5. The molecule has 0 radical (unpaired) electrons. The highest BCUT2D eigenvalue weighted by Gasteiger charge is 2.35. The fourth-order valence-electron chi connectivity index (χ4n) is 4.92. The van der Waals surface area contributed by atoms with Crippen LogP contribution in [0.25, 0.3) is 0 Å². The highest BCUT2D eigenvalue weighted by atomic mass is 79.9. The number of anilines is 1. The number of nitrogens with one attached hydrogen (secondary N) is 1. The second-order valence-electron chi connectivity index (χ2n) is 10.3. The molecule has 242 valence electrons. The van der Waals surface area contributed by atoms with Crippen molar-refractivity contribution < 1.29 is 31.9 Å². The van der Waals surface area contributed by atoms with Crippen LogP contribution in [-0.2, 0) is 32.6 Å². The van der Waals surface area contributed by atoms with Crippen molar-refractivity contribution in [2.24, 2.45) is 0 Å². The maximum absolute atomic E-state index is 14.4. The molecule has 0 heterocycles. The zero-order chi connectivity index (χ0) is 33.3. The number of sulfonamides is 1. The molecule has 0 aromatic heterocycles. The van der Waals surface area contributed by atoms with Crippen LogP contribution in [0.5, 0.6) is 11.5 Å². The van der Waals surface area contributed by atoms with Gasteiger partial charge in [-0.25, -0.2) is 12.8 Å². The van der Waals surface area contributed by atoms with Gasteiger partial charge in [-0.05, 0) is 66.6 Å². The summed E-state index contributed by atoms with van der Waals surface area (Å²) in [5.41, 5.74) is 1.60. The van der Waals surface area contributed by atoms with E-state index in [4.69, 9.17) is 9.47 Å². The molecule has 4 rings (SSSR count). The first-order chi connectivity index (χ1) is 22.1.